The van der Waals surface area contributed by atoms with E-state index in [4.69, 9.17) is 4.42 Å². The zero-order valence-electron chi connectivity index (χ0n) is 18.0. The summed E-state index contributed by atoms with van der Waals surface area (Å²) in [5.74, 6) is 1.12. The lowest BCUT2D eigenvalue weighted by Crippen LogP contribution is -3.13. The number of hydrogen-bond acceptors (Lipinski definition) is 4. The van der Waals surface area contributed by atoms with Crippen LogP contribution in [0.5, 0.6) is 0 Å². The Bertz CT molecular complexity index is 1020. The van der Waals surface area contributed by atoms with Crippen LogP contribution >= 0.6 is 0 Å². The van der Waals surface area contributed by atoms with Gasteiger partial charge in [-0.2, -0.15) is 10.2 Å². The number of nitrogens with zero attached hydrogens (tertiary/aromatic N) is 3. The van der Waals surface area contributed by atoms with Crippen LogP contribution in [0.15, 0.2) is 59.0 Å². The van der Waals surface area contributed by atoms with Crippen molar-refractivity contribution < 1.29 is 9.32 Å². The SMILES string of the molecule is CC(C)(C)c1ccc(-c2nc(C#N)c(N3CC[NH+](Cc4ccccc4)CC3)o2)cc1. The minimum absolute atomic E-state index is 0.0971. The average Bonchev–Trinajstić information content (AvgIpc) is 3.19. The van der Waals surface area contributed by atoms with E-state index in [9.17, 15) is 5.26 Å². The van der Waals surface area contributed by atoms with Gasteiger partial charge < -0.3 is 14.2 Å². The van der Waals surface area contributed by atoms with E-state index in [1.54, 1.807) is 4.90 Å². The van der Waals surface area contributed by atoms with Gasteiger partial charge in [-0.25, -0.2) is 0 Å². The Morgan fingerprint density at radius 2 is 1.70 bits per heavy atom. The molecule has 0 amide bonds. The molecule has 1 saturated heterocycles. The molecule has 0 atom stereocenters. The third-order valence-electron chi connectivity index (χ3n) is 5.77. The van der Waals surface area contributed by atoms with Gasteiger partial charge in [0.05, 0.1) is 26.2 Å². The number of hydrogen-bond donors (Lipinski definition) is 1. The van der Waals surface area contributed by atoms with Gasteiger partial charge in [0.1, 0.15) is 12.6 Å². The van der Waals surface area contributed by atoms with Crippen molar-refractivity contribution in [3.8, 4) is 17.5 Å². The Hall–Kier alpha value is -3.10. The summed E-state index contributed by atoms with van der Waals surface area (Å²) in [7, 11) is 0. The van der Waals surface area contributed by atoms with Gasteiger partial charge in [-0.05, 0) is 23.1 Å². The molecule has 4 rings (SSSR count). The van der Waals surface area contributed by atoms with Gasteiger partial charge in [-0.3, -0.25) is 0 Å². The molecule has 0 saturated carbocycles. The molecular weight excluding hydrogens is 372 g/mol. The van der Waals surface area contributed by atoms with Crippen LogP contribution in [0.3, 0.4) is 0 Å². The zero-order chi connectivity index (χ0) is 21.1. The first-order valence-electron chi connectivity index (χ1n) is 10.6. The number of benzene rings is 2. The van der Waals surface area contributed by atoms with Crippen LogP contribution in [0.2, 0.25) is 0 Å². The average molecular weight is 402 g/mol. The van der Waals surface area contributed by atoms with Crippen LogP contribution in [0.1, 0.15) is 37.6 Å². The molecule has 1 fully saturated rings. The zero-order valence-corrected chi connectivity index (χ0v) is 18.0. The molecule has 0 spiro atoms. The highest BCUT2D eigenvalue weighted by atomic mass is 16.4. The Kier molecular flexibility index (Phi) is 5.61. The lowest BCUT2D eigenvalue weighted by Gasteiger charge is -2.32. The number of rotatable bonds is 4. The number of aromatic nitrogens is 1. The molecule has 3 aromatic rings. The van der Waals surface area contributed by atoms with E-state index in [1.807, 2.05) is 12.1 Å². The van der Waals surface area contributed by atoms with Crippen molar-refractivity contribution in [2.45, 2.75) is 32.7 Å². The summed E-state index contributed by atoms with van der Waals surface area (Å²) >= 11 is 0. The predicted octanol–water partition coefficient (Wildman–Crippen LogP) is 3.42. The standard InChI is InChI=1S/C25H28N4O/c1-25(2,3)21-11-9-20(10-12-21)23-27-22(17-26)24(30-23)29-15-13-28(14-16-29)18-19-7-5-4-6-8-19/h4-12H,13-16,18H2,1-3H3/p+1. The maximum atomic E-state index is 9.60. The van der Waals surface area contributed by atoms with Crippen molar-refractivity contribution in [1.82, 2.24) is 4.98 Å². The van der Waals surface area contributed by atoms with Gasteiger partial charge in [0.2, 0.25) is 17.5 Å². The molecule has 1 aliphatic heterocycles. The molecule has 154 valence electrons. The Morgan fingerprint density at radius 3 is 2.30 bits per heavy atom. The van der Waals surface area contributed by atoms with Gasteiger partial charge in [-0.1, -0.05) is 63.2 Å². The topological polar surface area (TPSA) is 57.5 Å². The van der Waals surface area contributed by atoms with Gasteiger partial charge >= 0.3 is 0 Å². The summed E-state index contributed by atoms with van der Waals surface area (Å²) in [6.07, 6.45) is 0. The van der Waals surface area contributed by atoms with E-state index in [0.29, 0.717) is 17.5 Å². The molecule has 0 unspecified atom stereocenters. The van der Waals surface area contributed by atoms with Gasteiger partial charge in [0, 0.05) is 11.1 Å². The molecule has 0 bridgehead atoms. The second kappa shape index (κ2) is 8.33. The van der Waals surface area contributed by atoms with Crippen LogP contribution in [0.25, 0.3) is 11.5 Å². The Balaban J connectivity index is 1.47. The highest BCUT2D eigenvalue weighted by Crippen LogP contribution is 2.30. The summed E-state index contributed by atoms with van der Waals surface area (Å²) in [5.41, 5.74) is 3.99. The maximum Gasteiger partial charge on any atom is 0.235 e. The van der Waals surface area contributed by atoms with E-state index >= 15 is 0 Å². The first kappa shape index (κ1) is 20.2. The van der Waals surface area contributed by atoms with E-state index in [-0.39, 0.29) is 5.41 Å². The van der Waals surface area contributed by atoms with Crippen molar-refractivity contribution in [2.24, 2.45) is 0 Å². The molecule has 5 nitrogen and oxygen atoms in total. The Labute approximate surface area is 178 Å². The molecule has 30 heavy (non-hydrogen) atoms. The minimum atomic E-state index is 0.0971. The fourth-order valence-corrected chi connectivity index (χ4v) is 3.92. The highest BCUT2D eigenvalue weighted by Gasteiger charge is 2.26. The van der Waals surface area contributed by atoms with E-state index in [0.717, 1.165) is 38.3 Å². The van der Waals surface area contributed by atoms with Crippen molar-refractivity contribution in [1.29, 1.82) is 5.26 Å². The summed E-state index contributed by atoms with van der Waals surface area (Å²) in [5, 5.41) is 9.60. The fourth-order valence-electron chi connectivity index (χ4n) is 3.92. The maximum absolute atomic E-state index is 9.60. The number of anilines is 1. The molecule has 1 N–H and O–H groups in total. The first-order chi connectivity index (χ1) is 14.4. The first-order valence-corrected chi connectivity index (χ1v) is 10.6. The van der Waals surface area contributed by atoms with Crippen LogP contribution in [-0.4, -0.2) is 31.2 Å². The monoisotopic (exact) mass is 401 g/mol. The van der Waals surface area contributed by atoms with Crippen molar-refractivity contribution in [2.75, 3.05) is 31.1 Å². The van der Waals surface area contributed by atoms with Crippen molar-refractivity contribution in [3.63, 3.8) is 0 Å². The third-order valence-corrected chi connectivity index (χ3v) is 5.77. The lowest BCUT2D eigenvalue weighted by atomic mass is 9.87. The lowest BCUT2D eigenvalue weighted by molar-refractivity contribution is -0.914. The Morgan fingerprint density at radius 1 is 1.03 bits per heavy atom. The van der Waals surface area contributed by atoms with Crippen molar-refractivity contribution >= 4 is 5.88 Å². The second-order valence-electron chi connectivity index (χ2n) is 9.01. The van der Waals surface area contributed by atoms with E-state index < -0.39 is 0 Å². The number of nitrogens with one attached hydrogen (secondary N) is 1. The normalized spacial score (nSPS) is 15.2. The molecule has 0 radical (unpaired) electrons. The van der Waals surface area contributed by atoms with E-state index in [2.05, 4.69) is 79.2 Å². The number of quaternary nitrogens is 1. The summed E-state index contributed by atoms with van der Waals surface area (Å²) in [4.78, 5) is 8.19. The molecule has 5 heteroatoms. The van der Waals surface area contributed by atoms with Crippen LogP contribution in [-0.2, 0) is 12.0 Å². The van der Waals surface area contributed by atoms with Gasteiger partial charge in [0.25, 0.3) is 0 Å². The molecule has 1 aromatic heterocycles. The minimum Gasteiger partial charge on any atom is -0.419 e. The van der Waals surface area contributed by atoms with Crippen LogP contribution < -0.4 is 9.80 Å². The van der Waals surface area contributed by atoms with E-state index in [1.165, 1.54) is 11.1 Å². The molecule has 1 aliphatic rings. The quantitative estimate of drug-likeness (QED) is 0.728. The van der Waals surface area contributed by atoms with Crippen LogP contribution in [0.4, 0.5) is 5.88 Å². The van der Waals surface area contributed by atoms with Gasteiger partial charge in [-0.15, -0.1) is 0 Å². The number of oxazole rings is 1. The highest BCUT2D eigenvalue weighted by molar-refractivity contribution is 5.60. The fraction of sp³-hybridized carbons (Fsp3) is 0.360. The molecule has 0 aliphatic carbocycles. The molecular formula is C25H29N4O+. The second-order valence-corrected chi connectivity index (χ2v) is 9.01. The molecule has 2 heterocycles. The smallest absolute Gasteiger partial charge is 0.235 e. The number of nitriles is 1. The third kappa shape index (κ3) is 4.39. The summed E-state index contributed by atoms with van der Waals surface area (Å²) in [6, 6.07) is 21.1. The summed E-state index contributed by atoms with van der Waals surface area (Å²) < 4.78 is 6.09. The molecule has 2 aromatic carbocycles. The predicted molar refractivity (Wildman–Crippen MR) is 118 cm³/mol. The largest absolute Gasteiger partial charge is 0.419 e. The summed E-state index contributed by atoms with van der Waals surface area (Å²) in [6.45, 7) is 11.3. The number of piperazine rings is 1. The van der Waals surface area contributed by atoms with Crippen LogP contribution in [0, 0.1) is 11.3 Å². The van der Waals surface area contributed by atoms with Gasteiger partial charge in [0.15, 0.2) is 0 Å². The van der Waals surface area contributed by atoms with Crippen molar-refractivity contribution in [3.05, 3.63) is 71.4 Å².